The first kappa shape index (κ1) is 16.6. The maximum atomic E-state index is 12.5. The molecule has 0 atom stereocenters. The fourth-order valence-electron chi connectivity index (χ4n) is 1.77. The van der Waals surface area contributed by atoms with Gasteiger partial charge in [-0.3, -0.25) is 0 Å². The largest absolute Gasteiger partial charge is 0.218 e. The Labute approximate surface area is 139 Å². The van der Waals surface area contributed by atoms with Gasteiger partial charge in [-0.25, -0.2) is 8.42 Å². The first-order valence-corrected chi connectivity index (χ1v) is 8.47. The van der Waals surface area contributed by atoms with E-state index in [1.165, 1.54) is 24.3 Å². The van der Waals surface area contributed by atoms with Crippen molar-refractivity contribution in [1.82, 2.24) is 0 Å². The molecule has 2 rings (SSSR count). The minimum absolute atomic E-state index is 0.0750. The summed E-state index contributed by atoms with van der Waals surface area (Å²) in [7, 11) is -3.87. The Morgan fingerprint density at radius 1 is 1.09 bits per heavy atom. The zero-order chi connectivity index (χ0) is 16.3. The van der Waals surface area contributed by atoms with E-state index in [9.17, 15) is 13.7 Å². The van der Waals surface area contributed by atoms with Crippen LogP contribution in [-0.4, -0.2) is 8.42 Å². The van der Waals surface area contributed by atoms with Crippen LogP contribution in [0.25, 0.3) is 6.08 Å². The van der Waals surface area contributed by atoms with Crippen LogP contribution in [0.3, 0.4) is 0 Å². The number of sulfone groups is 1. The van der Waals surface area contributed by atoms with E-state index in [4.69, 9.17) is 23.2 Å². The number of nitriles is 1. The predicted octanol–water partition coefficient (Wildman–Crippen LogP) is 4.64. The van der Waals surface area contributed by atoms with E-state index in [2.05, 4.69) is 0 Å². The molecule has 0 spiro atoms. The Bertz CT molecular complexity index is 879. The van der Waals surface area contributed by atoms with E-state index in [1.807, 2.05) is 6.92 Å². The van der Waals surface area contributed by atoms with E-state index in [0.717, 1.165) is 5.56 Å². The van der Waals surface area contributed by atoms with Gasteiger partial charge in [0.1, 0.15) is 11.0 Å². The SMILES string of the molecule is Cc1ccc(S(=O)(=O)C(C#N)=Cc2ccc(Cl)c(Cl)c2)cc1. The van der Waals surface area contributed by atoms with Crippen molar-refractivity contribution in [3.63, 3.8) is 0 Å². The van der Waals surface area contributed by atoms with Crippen LogP contribution in [0.4, 0.5) is 0 Å². The molecular formula is C16H11Cl2NO2S. The zero-order valence-corrected chi connectivity index (χ0v) is 13.9. The van der Waals surface area contributed by atoms with Crippen LogP contribution in [0.2, 0.25) is 10.0 Å². The molecular weight excluding hydrogens is 341 g/mol. The summed E-state index contributed by atoms with van der Waals surface area (Å²) in [5.74, 6) is 0. The first-order chi connectivity index (χ1) is 10.3. The van der Waals surface area contributed by atoms with E-state index in [1.54, 1.807) is 30.3 Å². The molecule has 3 nitrogen and oxygen atoms in total. The lowest BCUT2D eigenvalue weighted by atomic mass is 10.2. The quantitative estimate of drug-likeness (QED) is 0.756. The average molecular weight is 352 g/mol. The molecule has 0 aliphatic carbocycles. The highest BCUT2D eigenvalue weighted by Crippen LogP contribution is 2.26. The van der Waals surface area contributed by atoms with Gasteiger partial charge >= 0.3 is 0 Å². The standard InChI is InChI=1S/C16H11Cl2NO2S/c1-11-2-5-13(6-3-11)22(20,21)14(10-19)8-12-4-7-15(17)16(18)9-12/h2-9H,1H3. The summed E-state index contributed by atoms with van der Waals surface area (Å²) in [6, 6.07) is 12.7. The Kier molecular flexibility index (Phi) is 4.92. The molecule has 0 unspecified atom stereocenters. The molecule has 2 aromatic carbocycles. The van der Waals surface area contributed by atoms with Crippen LogP contribution in [0.1, 0.15) is 11.1 Å². The Morgan fingerprint density at radius 3 is 2.27 bits per heavy atom. The van der Waals surface area contributed by atoms with Gasteiger partial charge in [0, 0.05) is 0 Å². The fraction of sp³-hybridized carbons (Fsp3) is 0.0625. The van der Waals surface area contributed by atoms with Crippen molar-refractivity contribution in [2.75, 3.05) is 0 Å². The summed E-state index contributed by atoms with van der Waals surface area (Å²) < 4.78 is 25.0. The molecule has 0 amide bonds. The second-order valence-corrected chi connectivity index (χ2v) is 7.34. The van der Waals surface area contributed by atoms with Gasteiger partial charge in [0.2, 0.25) is 9.84 Å². The fourth-order valence-corrected chi connectivity index (χ4v) is 3.23. The van der Waals surface area contributed by atoms with Gasteiger partial charge in [0.05, 0.1) is 14.9 Å². The smallest absolute Gasteiger partial charge is 0.216 e. The van der Waals surface area contributed by atoms with Crippen LogP contribution >= 0.6 is 23.2 Å². The highest BCUT2D eigenvalue weighted by atomic mass is 35.5. The summed E-state index contributed by atoms with van der Waals surface area (Å²) >= 11 is 11.7. The molecule has 0 saturated carbocycles. The molecule has 0 aliphatic heterocycles. The molecule has 6 heteroatoms. The second-order valence-electron chi connectivity index (χ2n) is 4.61. The van der Waals surface area contributed by atoms with Crippen LogP contribution < -0.4 is 0 Å². The molecule has 112 valence electrons. The van der Waals surface area contributed by atoms with Gasteiger partial charge in [-0.2, -0.15) is 5.26 Å². The van der Waals surface area contributed by atoms with Gasteiger partial charge in [-0.15, -0.1) is 0 Å². The highest BCUT2D eigenvalue weighted by molar-refractivity contribution is 7.95. The van der Waals surface area contributed by atoms with E-state index in [-0.39, 0.29) is 9.80 Å². The Morgan fingerprint density at radius 2 is 1.73 bits per heavy atom. The Hall–Kier alpha value is -1.80. The number of rotatable bonds is 3. The predicted molar refractivity (Wildman–Crippen MR) is 88.4 cm³/mol. The second kappa shape index (κ2) is 6.53. The van der Waals surface area contributed by atoms with Crippen molar-refractivity contribution in [3.8, 4) is 6.07 Å². The normalized spacial score (nSPS) is 12.0. The van der Waals surface area contributed by atoms with E-state index in [0.29, 0.717) is 15.6 Å². The topological polar surface area (TPSA) is 57.9 Å². The summed E-state index contributed by atoms with van der Waals surface area (Å²) in [5.41, 5.74) is 1.42. The Balaban J connectivity index is 2.51. The van der Waals surface area contributed by atoms with Crippen molar-refractivity contribution in [2.24, 2.45) is 0 Å². The molecule has 0 radical (unpaired) electrons. The average Bonchev–Trinajstić information content (AvgIpc) is 2.48. The number of hydrogen-bond donors (Lipinski definition) is 0. The van der Waals surface area contributed by atoms with Crippen molar-refractivity contribution in [3.05, 3.63) is 68.5 Å². The zero-order valence-electron chi connectivity index (χ0n) is 11.5. The number of nitrogens with zero attached hydrogens (tertiary/aromatic N) is 1. The highest BCUT2D eigenvalue weighted by Gasteiger charge is 2.20. The molecule has 0 N–H and O–H groups in total. The summed E-state index contributed by atoms with van der Waals surface area (Å²) in [6.45, 7) is 1.85. The maximum absolute atomic E-state index is 12.5. The summed E-state index contributed by atoms with van der Waals surface area (Å²) in [4.78, 5) is -0.277. The molecule has 22 heavy (non-hydrogen) atoms. The van der Waals surface area contributed by atoms with E-state index < -0.39 is 9.84 Å². The van der Waals surface area contributed by atoms with E-state index >= 15 is 0 Å². The number of benzene rings is 2. The number of halogens is 2. The third kappa shape index (κ3) is 3.50. The third-order valence-electron chi connectivity index (χ3n) is 2.97. The minimum atomic E-state index is -3.87. The van der Waals surface area contributed by atoms with Crippen molar-refractivity contribution < 1.29 is 8.42 Å². The van der Waals surface area contributed by atoms with Crippen LogP contribution in [0.5, 0.6) is 0 Å². The van der Waals surface area contributed by atoms with Gasteiger partial charge in [0.15, 0.2) is 0 Å². The lowest BCUT2D eigenvalue weighted by Crippen LogP contribution is -2.03. The van der Waals surface area contributed by atoms with Crippen LogP contribution in [0.15, 0.2) is 52.3 Å². The summed E-state index contributed by atoms with van der Waals surface area (Å²) in [5, 5.41) is 9.86. The number of allylic oxidation sites excluding steroid dienone is 1. The van der Waals surface area contributed by atoms with Crippen molar-refractivity contribution in [2.45, 2.75) is 11.8 Å². The third-order valence-corrected chi connectivity index (χ3v) is 5.39. The lowest BCUT2D eigenvalue weighted by Gasteiger charge is -2.04. The minimum Gasteiger partial charge on any atom is -0.218 e. The molecule has 0 bridgehead atoms. The van der Waals surface area contributed by atoms with Gasteiger partial charge in [-0.1, -0.05) is 47.0 Å². The number of hydrogen-bond acceptors (Lipinski definition) is 3. The molecule has 2 aromatic rings. The molecule has 0 saturated heterocycles. The maximum Gasteiger partial charge on any atom is 0.216 e. The van der Waals surface area contributed by atoms with Crippen molar-refractivity contribution in [1.29, 1.82) is 5.26 Å². The number of aryl methyl sites for hydroxylation is 1. The monoisotopic (exact) mass is 351 g/mol. The van der Waals surface area contributed by atoms with Crippen LogP contribution in [-0.2, 0) is 9.84 Å². The van der Waals surface area contributed by atoms with Crippen LogP contribution in [0, 0.1) is 18.3 Å². The van der Waals surface area contributed by atoms with Crippen molar-refractivity contribution >= 4 is 39.1 Å². The van der Waals surface area contributed by atoms with Gasteiger partial charge in [-0.05, 0) is 42.8 Å². The summed E-state index contributed by atoms with van der Waals surface area (Å²) in [6.07, 6.45) is 1.28. The molecule has 0 fully saturated rings. The molecule has 0 aromatic heterocycles. The lowest BCUT2D eigenvalue weighted by molar-refractivity contribution is 0.603. The van der Waals surface area contributed by atoms with Gasteiger partial charge < -0.3 is 0 Å². The molecule has 0 aliphatic rings. The first-order valence-electron chi connectivity index (χ1n) is 6.23. The van der Waals surface area contributed by atoms with Gasteiger partial charge in [0.25, 0.3) is 0 Å². The molecule has 0 heterocycles.